The predicted octanol–water partition coefficient (Wildman–Crippen LogP) is 3.07. The fourth-order valence-corrected chi connectivity index (χ4v) is 2.29. The Bertz CT molecular complexity index is 384. The number of halogens is 1. The Morgan fingerprint density at radius 1 is 1.29 bits per heavy atom. The SMILES string of the molecule is C#CCCCNC1CC(c2ccc(F)cc2)C1. The molecule has 0 atom stereocenters. The number of terminal acetylenes is 1. The van der Waals surface area contributed by atoms with Gasteiger partial charge >= 0.3 is 0 Å². The second-order valence-corrected chi connectivity index (χ2v) is 4.68. The van der Waals surface area contributed by atoms with Crippen LogP contribution in [0.25, 0.3) is 0 Å². The van der Waals surface area contributed by atoms with Gasteiger partial charge in [-0.25, -0.2) is 4.39 Å². The Kier molecular flexibility index (Phi) is 4.17. The van der Waals surface area contributed by atoms with Crippen molar-refractivity contribution in [3.05, 3.63) is 35.6 Å². The lowest BCUT2D eigenvalue weighted by Crippen LogP contribution is -2.40. The molecule has 1 aromatic carbocycles. The van der Waals surface area contributed by atoms with Crippen molar-refractivity contribution in [3.8, 4) is 12.3 Å². The van der Waals surface area contributed by atoms with Crippen LogP contribution in [0.1, 0.15) is 37.2 Å². The van der Waals surface area contributed by atoms with Crippen LogP contribution in [0.5, 0.6) is 0 Å². The second-order valence-electron chi connectivity index (χ2n) is 4.68. The summed E-state index contributed by atoms with van der Waals surface area (Å²) in [5.74, 6) is 3.08. The summed E-state index contributed by atoms with van der Waals surface area (Å²) in [6.07, 6.45) is 9.40. The first-order valence-corrected chi connectivity index (χ1v) is 6.22. The molecule has 1 fully saturated rings. The van der Waals surface area contributed by atoms with Crippen molar-refractivity contribution in [3.63, 3.8) is 0 Å². The molecular weight excluding hydrogens is 213 g/mol. The fourth-order valence-electron chi connectivity index (χ4n) is 2.29. The maximum absolute atomic E-state index is 12.8. The number of unbranched alkanes of at least 4 members (excludes halogenated alkanes) is 1. The summed E-state index contributed by atoms with van der Waals surface area (Å²) in [5.41, 5.74) is 1.26. The van der Waals surface area contributed by atoms with Gasteiger partial charge in [-0.1, -0.05) is 12.1 Å². The topological polar surface area (TPSA) is 12.0 Å². The van der Waals surface area contributed by atoms with Gasteiger partial charge in [0, 0.05) is 12.5 Å². The highest BCUT2D eigenvalue weighted by atomic mass is 19.1. The van der Waals surface area contributed by atoms with Gasteiger partial charge in [0.15, 0.2) is 0 Å². The molecule has 1 N–H and O–H groups in total. The van der Waals surface area contributed by atoms with Crippen LogP contribution in [-0.4, -0.2) is 12.6 Å². The summed E-state index contributed by atoms with van der Waals surface area (Å²) in [7, 11) is 0. The predicted molar refractivity (Wildman–Crippen MR) is 68.2 cm³/mol. The maximum Gasteiger partial charge on any atom is 0.123 e. The minimum absolute atomic E-state index is 0.156. The van der Waals surface area contributed by atoms with E-state index < -0.39 is 0 Å². The summed E-state index contributed by atoms with van der Waals surface area (Å²) in [6, 6.07) is 7.50. The molecule has 2 rings (SSSR count). The molecule has 2 heteroatoms. The van der Waals surface area contributed by atoms with Crippen LogP contribution in [0.15, 0.2) is 24.3 Å². The monoisotopic (exact) mass is 231 g/mol. The van der Waals surface area contributed by atoms with E-state index in [2.05, 4.69) is 11.2 Å². The van der Waals surface area contributed by atoms with E-state index in [0.717, 1.165) is 32.2 Å². The van der Waals surface area contributed by atoms with Crippen molar-refractivity contribution in [2.24, 2.45) is 0 Å². The molecular formula is C15H18FN. The van der Waals surface area contributed by atoms with E-state index >= 15 is 0 Å². The molecule has 0 spiro atoms. The van der Waals surface area contributed by atoms with Gasteiger partial charge in [-0.15, -0.1) is 12.3 Å². The molecule has 1 nitrogen and oxygen atoms in total. The van der Waals surface area contributed by atoms with Gasteiger partial charge in [0.1, 0.15) is 5.82 Å². The Morgan fingerprint density at radius 3 is 2.65 bits per heavy atom. The van der Waals surface area contributed by atoms with Crippen molar-refractivity contribution >= 4 is 0 Å². The van der Waals surface area contributed by atoms with Crippen molar-refractivity contribution in [1.82, 2.24) is 5.32 Å². The van der Waals surface area contributed by atoms with Gasteiger partial charge < -0.3 is 5.32 Å². The molecule has 0 radical (unpaired) electrons. The van der Waals surface area contributed by atoms with Crippen LogP contribution in [-0.2, 0) is 0 Å². The summed E-state index contributed by atoms with van der Waals surface area (Å²) in [4.78, 5) is 0. The number of hydrogen-bond donors (Lipinski definition) is 1. The largest absolute Gasteiger partial charge is 0.314 e. The third-order valence-corrected chi connectivity index (χ3v) is 3.41. The van der Waals surface area contributed by atoms with Crippen molar-refractivity contribution in [2.45, 2.75) is 37.6 Å². The van der Waals surface area contributed by atoms with Crippen LogP contribution >= 0.6 is 0 Å². The van der Waals surface area contributed by atoms with Crippen LogP contribution in [0.4, 0.5) is 4.39 Å². The van der Waals surface area contributed by atoms with E-state index in [1.165, 1.54) is 5.56 Å². The lowest BCUT2D eigenvalue weighted by Gasteiger charge is -2.36. The molecule has 1 aliphatic carbocycles. The first-order chi connectivity index (χ1) is 8.29. The highest BCUT2D eigenvalue weighted by Gasteiger charge is 2.29. The molecule has 1 saturated carbocycles. The lowest BCUT2D eigenvalue weighted by molar-refractivity contribution is 0.291. The molecule has 0 amide bonds. The lowest BCUT2D eigenvalue weighted by atomic mass is 9.76. The van der Waals surface area contributed by atoms with Crippen LogP contribution in [0.3, 0.4) is 0 Å². The zero-order chi connectivity index (χ0) is 12.1. The second kappa shape index (κ2) is 5.84. The zero-order valence-electron chi connectivity index (χ0n) is 9.95. The number of benzene rings is 1. The van der Waals surface area contributed by atoms with Gasteiger partial charge in [0.05, 0.1) is 0 Å². The van der Waals surface area contributed by atoms with Gasteiger partial charge in [-0.2, -0.15) is 0 Å². The number of rotatable bonds is 5. The molecule has 0 bridgehead atoms. The Balaban J connectivity index is 1.68. The van der Waals surface area contributed by atoms with E-state index in [9.17, 15) is 4.39 Å². The van der Waals surface area contributed by atoms with Gasteiger partial charge in [-0.05, 0) is 49.4 Å². The van der Waals surface area contributed by atoms with Gasteiger partial charge in [0.2, 0.25) is 0 Å². The van der Waals surface area contributed by atoms with E-state index in [1.54, 1.807) is 12.1 Å². The maximum atomic E-state index is 12.8. The molecule has 0 aromatic heterocycles. The highest BCUT2D eigenvalue weighted by Crippen LogP contribution is 2.36. The quantitative estimate of drug-likeness (QED) is 0.606. The summed E-state index contributed by atoms with van der Waals surface area (Å²) < 4.78 is 12.8. The van der Waals surface area contributed by atoms with Crippen LogP contribution in [0, 0.1) is 18.2 Å². The minimum atomic E-state index is -0.156. The normalized spacial score (nSPS) is 22.8. The van der Waals surface area contributed by atoms with Crippen molar-refractivity contribution in [1.29, 1.82) is 0 Å². The van der Waals surface area contributed by atoms with E-state index in [-0.39, 0.29) is 5.82 Å². The molecule has 17 heavy (non-hydrogen) atoms. The first-order valence-electron chi connectivity index (χ1n) is 6.22. The highest BCUT2D eigenvalue weighted by molar-refractivity contribution is 5.23. The van der Waals surface area contributed by atoms with Crippen molar-refractivity contribution < 1.29 is 4.39 Å². The smallest absolute Gasteiger partial charge is 0.123 e. The summed E-state index contributed by atoms with van der Waals surface area (Å²) in [6.45, 7) is 1.00. The van der Waals surface area contributed by atoms with Crippen LogP contribution in [0.2, 0.25) is 0 Å². The van der Waals surface area contributed by atoms with Gasteiger partial charge in [-0.3, -0.25) is 0 Å². The third-order valence-electron chi connectivity index (χ3n) is 3.41. The summed E-state index contributed by atoms with van der Waals surface area (Å²) >= 11 is 0. The average Bonchev–Trinajstić information content (AvgIpc) is 2.28. The molecule has 0 aliphatic heterocycles. The number of hydrogen-bond acceptors (Lipinski definition) is 1. The Hall–Kier alpha value is -1.33. The number of nitrogens with one attached hydrogen (secondary N) is 1. The first kappa shape index (κ1) is 12.1. The molecule has 0 heterocycles. The fraction of sp³-hybridized carbons (Fsp3) is 0.467. The Labute approximate surface area is 102 Å². The van der Waals surface area contributed by atoms with E-state index in [1.807, 2.05) is 12.1 Å². The van der Waals surface area contributed by atoms with E-state index in [4.69, 9.17) is 6.42 Å². The average molecular weight is 231 g/mol. The molecule has 90 valence electrons. The zero-order valence-corrected chi connectivity index (χ0v) is 9.95. The standard InChI is InChI=1S/C15H18FN/c1-2-3-4-9-17-15-10-13(11-15)12-5-7-14(16)8-6-12/h1,5-8,13,15,17H,3-4,9-11H2. The third kappa shape index (κ3) is 3.31. The molecule has 0 saturated heterocycles. The molecule has 1 aliphatic rings. The van der Waals surface area contributed by atoms with Crippen LogP contribution < -0.4 is 5.32 Å². The van der Waals surface area contributed by atoms with E-state index in [0.29, 0.717) is 12.0 Å². The molecule has 0 unspecified atom stereocenters. The Morgan fingerprint density at radius 2 is 2.00 bits per heavy atom. The van der Waals surface area contributed by atoms with Crippen molar-refractivity contribution in [2.75, 3.05) is 6.54 Å². The van der Waals surface area contributed by atoms with Gasteiger partial charge in [0.25, 0.3) is 0 Å². The summed E-state index contributed by atoms with van der Waals surface area (Å²) in [5, 5.41) is 3.50. The minimum Gasteiger partial charge on any atom is -0.314 e. The molecule has 1 aromatic rings.